The molecule has 0 aliphatic carbocycles. The molecule has 1 aliphatic heterocycles. The van der Waals surface area contributed by atoms with Gasteiger partial charge in [-0.15, -0.1) is 0 Å². The fourth-order valence-electron chi connectivity index (χ4n) is 2.67. The summed E-state index contributed by atoms with van der Waals surface area (Å²) < 4.78 is 5.73. The highest BCUT2D eigenvalue weighted by Gasteiger charge is 2.22. The van der Waals surface area contributed by atoms with Gasteiger partial charge in [-0.1, -0.05) is 20.8 Å². The zero-order valence-electron chi connectivity index (χ0n) is 12.9. The van der Waals surface area contributed by atoms with Crippen LogP contribution in [0, 0.1) is 5.92 Å². The van der Waals surface area contributed by atoms with E-state index in [0.29, 0.717) is 18.2 Å². The Morgan fingerprint density at radius 3 is 2.61 bits per heavy atom. The number of nitrogens with one attached hydrogen (secondary N) is 1. The summed E-state index contributed by atoms with van der Waals surface area (Å²) in [6.07, 6.45) is 5.22. The molecule has 3 nitrogen and oxygen atoms in total. The first-order valence-electron chi connectivity index (χ1n) is 7.54. The standard InChI is InChI=1S/C15H32N2O/c1-6-15-10-13(7-8-18-15)16-11-14(17(4)5)9-12(2)3/h12-16H,6-11H2,1-5H3. The van der Waals surface area contributed by atoms with Gasteiger partial charge >= 0.3 is 0 Å². The maximum atomic E-state index is 5.73. The highest BCUT2D eigenvalue weighted by Crippen LogP contribution is 2.17. The number of rotatable bonds is 7. The van der Waals surface area contributed by atoms with Crippen LogP contribution in [0.5, 0.6) is 0 Å². The van der Waals surface area contributed by atoms with Crippen molar-refractivity contribution < 1.29 is 4.74 Å². The highest BCUT2D eigenvalue weighted by atomic mass is 16.5. The lowest BCUT2D eigenvalue weighted by Crippen LogP contribution is -2.45. The lowest BCUT2D eigenvalue weighted by atomic mass is 9.99. The Balaban J connectivity index is 2.32. The van der Waals surface area contributed by atoms with Gasteiger partial charge in [-0.3, -0.25) is 0 Å². The summed E-state index contributed by atoms with van der Waals surface area (Å²) >= 11 is 0. The van der Waals surface area contributed by atoms with Crippen LogP contribution in [0.15, 0.2) is 0 Å². The monoisotopic (exact) mass is 256 g/mol. The Labute approximate surface area is 113 Å². The molecule has 0 amide bonds. The molecule has 0 saturated carbocycles. The Morgan fingerprint density at radius 2 is 2.06 bits per heavy atom. The number of hydrogen-bond acceptors (Lipinski definition) is 3. The second-order valence-electron chi connectivity index (χ2n) is 6.28. The molecule has 0 aromatic rings. The molecule has 1 aliphatic rings. The normalized spacial score (nSPS) is 26.8. The van der Waals surface area contributed by atoms with E-state index in [0.717, 1.165) is 25.5 Å². The quantitative estimate of drug-likeness (QED) is 0.757. The van der Waals surface area contributed by atoms with E-state index in [-0.39, 0.29) is 0 Å². The first kappa shape index (κ1) is 15.9. The summed E-state index contributed by atoms with van der Waals surface area (Å²) in [4.78, 5) is 2.35. The van der Waals surface area contributed by atoms with Crippen molar-refractivity contribution in [3.63, 3.8) is 0 Å². The van der Waals surface area contributed by atoms with Crippen molar-refractivity contribution in [2.45, 2.75) is 64.6 Å². The number of ether oxygens (including phenoxy) is 1. The van der Waals surface area contributed by atoms with E-state index in [4.69, 9.17) is 4.74 Å². The zero-order chi connectivity index (χ0) is 13.5. The van der Waals surface area contributed by atoms with Gasteiger partial charge in [0.05, 0.1) is 6.10 Å². The topological polar surface area (TPSA) is 24.5 Å². The van der Waals surface area contributed by atoms with Gasteiger partial charge < -0.3 is 15.0 Å². The van der Waals surface area contributed by atoms with E-state index in [2.05, 4.69) is 45.1 Å². The van der Waals surface area contributed by atoms with Gasteiger partial charge in [0, 0.05) is 25.2 Å². The maximum absolute atomic E-state index is 5.73. The van der Waals surface area contributed by atoms with Crippen molar-refractivity contribution in [3.8, 4) is 0 Å². The Kier molecular flexibility index (Phi) is 7.20. The molecular formula is C15H32N2O. The lowest BCUT2D eigenvalue weighted by molar-refractivity contribution is -0.00102. The minimum absolute atomic E-state index is 0.471. The van der Waals surface area contributed by atoms with Crippen LogP contribution in [0.25, 0.3) is 0 Å². The molecule has 0 bridgehead atoms. The van der Waals surface area contributed by atoms with Crippen molar-refractivity contribution >= 4 is 0 Å². The largest absolute Gasteiger partial charge is 0.378 e. The molecule has 3 unspecified atom stereocenters. The summed E-state index contributed by atoms with van der Waals surface area (Å²) in [5.41, 5.74) is 0. The second-order valence-corrected chi connectivity index (χ2v) is 6.28. The van der Waals surface area contributed by atoms with Crippen LogP contribution in [-0.4, -0.2) is 50.3 Å². The molecule has 3 atom stereocenters. The Hall–Kier alpha value is -0.120. The second kappa shape index (κ2) is 8.13. The van der Waals surface area contributed by atoms with Crippen molar-refractivity contribution in [2.75, 3.05) is 27.2 Å². The van der Waals surface area contributed by atoms with Crippen molar-refractivity contribution in [3.05, 3.63) is 0 Å². The van der Waals surface area contributed by atoms with Gasteiger partial charge in [0.1, 0.15) is 0 Å². The minimum Gasteiger partial charge on any atom is -0.378 e. The lowest BCUT2D eigenvalue weighted by Gasteiger charge is -2.33. The van der Waals surface area contributed by atoms with E-state index in [1.165, 1.54) is 19.3 Å². The number of nitrogens with zero attached hydrogens (tertiary/aromatic N) is 1. The molecule has 0 spiro atoms. The zero-order valence-corrected chi connectivity index (χ0v) is 12.9. The minimum atomic E-state index is 0.471. The third kappa shape index (κ3) is 5.68. The first-order chi connectivity index (χ1) is 8.52. The molecule has 1 heterocycles. The van der Waals surface area contributed by atoms with Crippen LogP contribution >= 0.6 is 0 Å². The Morgan fingerprint density at radius 1 is 1.33 bits per heavy atom. The van der Waals surface area contributed by atoms with Crippen LogP contribution in [0.4, 0.5) is 0 Å². The molecule has 0 aromatic carbocycles. The Bertz CT molecular complexity index is 219. The van der Waals surface area contributed by atoms with E-state index in [1.54, 1.807) is 0 Å². The highest BCUT2D eigenvalue weighted by molar-refractivity contribution is 4.79. The molecule has 0 aromatic heterocycles. The van der Waals surface area contributed by atoms with Crippen LogP contribution in [0.2, 0.25) is 0 Å². The SMILES string of the molecule is CCC1CC(NCC(CC(C)C)N(C)C)CCO1. The smallest absolute Gasteiger partial charge is 0.0587 e. The van der Waals surface area contributed by atoms with Crippen LogP contribution in [-0.2, 0) is 4.74 Å². The van der Waals surface area contributed by atoms with Crippen LogP contribution in [0.3, 0.4) is 0 Å². The van der Waals surface area contributed by atoms with Gasteiger partial charge in [0.25, 0.3) is 0 Å². The van der Waals surface area contributed by atoms with Gasteiger partial charge in [0.2, 0.25) is 0 Å². The molecule has 1 saturated heterocycles. The molecule has 1 N–H and O–H groups in total. The fraction of sp³-hybridized carbons (Fsp3) is 1.00. The third-order valence-electron chi connectivity index (χ3n) is 3.94. The van der Waals surface area contributed by atoms with Gasteiger partial charge in [-0.2, -0.15) is 0 Å². The molecule has 1 fully saturated rings. The molecule has 1 rings (SSSR count). The number of hydrogen-bond donors (Lipinski definition) is 1. The molecule has 18 heavy (non-hydrogen) atoms. The van der Waals surface area contributed by atoms with E-state index in [1.807, 2.05) is 0 Å². The summed E-state index contributed by atoms with van der Waals surface area (Å²) in [5.74, 6) is 0.761. The summed E-state index contributed by atoms with van der Waals surface area (Å²) in [6.45, 7) is 8.85. The predicted molar refractivity (Wildman–Crippen MR) is 78.0 cm³/mol. The van der Waals surface area contributed by atoms with E-state index < -0.39 is 0 Å². The van der Waals surface area contributed by atoms with Gasteiger partial charge in [0.15, 0.2) is 0 Å². The van der Waals surface area contributed by atoms with E-state index >= 15 is 0 Å². The fourth-order valence-corrected chi connectivity index (χ4v) is 2.67. The number of likely N-dealkylation sites (N-methyl/N-ethyl adjacent to an activating group) is 1. The molecular weight excluding hydrogens is 224 g/mol. The van der Waals surface area contributed by atoms with Crippen LogP contribution < -0.4 is 5.32 Å². The maximum Gasteiger partial charge on any atom is 0.0587 e. The third-order valence-corrected chi connectivity index (χ3v) is 3.94. The average Bonchev–Trinajstić information content (AvgIpc) is 2.34. The van der Waals surface area contributed by atoms with Crippen molar-refractivity contribution in [2.24, 2.45) is 5.92 Å². The predicted octanol–water partition coefficient (Wildman–Crippen LogP) is 2.51. The average molecular weight is 256 g/mol. The molecule has 108 valence electrons. The summed E-state index contributed by atoms with van der Waals surface area (Å²) in [6, 6.07) is 1.30. The van der Waals surface area contributed by atoms with Crippen LogP contribution in [0.1, 0.15) is 46.5 Å². The van der Waals surface area contributed by atoms with E-state index in [9.17, 15) is 0 Å². The van der Waals surface area contributed by atoms with Gasteiger partial charge in [-0.25, -0.2) is 0 Å². The molecule has 0 radical (unpaired) electrons. The van der Waals surface area contributed by atoms with Crippen molar-refractivity contribution in [1.29, 1.82) is 0 Å². The first-order valence-corrected chi connectivity index (χ1v) is 7.54. The van der Waals surface area contributed by atoms with Gasteiger partial charge in [-0.05, 0) is 45.7 Å². The van der Waals surface area contributed by atoms with Crippen molar-refractivity contribution in [1.82, 2.24) is 10.2 Å². The summed E-state index contributed by atoms with van der Waals surface area (Å²) in [5, 5.41) is 3.75. The molecule has 3 heteroatoms. The summed E-state index contributed by atoms with van der Waals surface area (Å²) in [7, 11) is 4.38.